The second kappa shape index (κ2) is 6.26. The number of ether oxygens (including phenoxy) is 1. The fraction of sp³-hybridized carbons (Fsp3) is 0.538. The Morgan fingerprint density at radius 3 is 2.82 bits per heavy atom. The maximum Gasteiger partial charge on any atom is 0.123 e. The molecule has 2 atom stereocenters. The Hall–Kier alpha value is -0.740. The van der Waals surface area contributed by atoms with Gasteiger partial charge in [0, 0.05) is 29.8 Å². The molecule has 4 heteroatoms. The van der Waals surface area contributed by atoms with Gasteiger partial charge in [0.15, 0.2) is 0 Å². The molecule has 1 aromatic rings. The average molecular weight is 255 g/mol. The van der Waals surface area contributed by atoms with E-state index in [1.807, 2.05) is 11.8 Å². The first-order valence-electron chi connectivity index (χ1n) is 5.98. The lowest BCUT2D eigenvalue weighted by Crippen LogP contribution is -2.16. The fourth-order valence-electron chi connectivity index (χ4n) is 1.90. The molecule has 1 heterocycles. The predicted octanol–water partition coefficient (Wildman–Crippen LogP) is 3.15. The molecule has 1 N–H and O–H groups in total. The number of nitrogens with one attached hydrogen (secondary N) is 1. The van der Waals surface area contributed by atoms with E-state index in [4.69, 9.17) is 4.74 Å². The molecule has 1 saturated heterocycles. The summed E-state index contributed by atoms with van der Waals surface area (Å²) in [6, 6.07) is 6.48. The highest BCUT2D eigenvalue weighted by atomic mass is 32.2. The maximum absolute atomic E-state index is 12.7. The summed E-state index contributed by atoms with van der Waals surface area (Å²) in [5.74, 6) is 0.859. The van der Waals surface area contributed by atoms with Crippen molar-refractivity contribution in [2.24, 2.45) is 0 Å². The van der Waals surface area contributed by atoms with Crippen molar-refractivity contribution in [3.05, 3.63) is 30.1 Å². The van der Waals surface area contributed by atoms with Crippen LogP contribution in [0.2, 0.25) is 0 Å². The number of thioether (sulfide) groups is 1. The Labute approximate surface area is 106 Å². The zero-order valence-electron chi connectivity index (χ0n) is 9.99. The number of rotatable bonds is 5. The van der Waals surface area contributed by atoms with Gasteiger partial charge in [0.1, 0.15) is 5.82 Å². The second-order valence-electron chi connectivity index (χ2n) is 4.21. The number of anilines is 1. The van der Waals surface area contributed by atoms with E-state index in [9.17, 15) is 4.39 Å². The third-order valence-corrected chi connectivity index (χ3v) is 4.40. The van der Waals surface area contributed by atoms with Crippen LogP contribution in [0.4, 0.5) is 10.1 Å². The third kappa shape index (κ3) is 3.89. The van der Waals surface area contributed by atoms with Crippen molar-refractivity contribution in [1.82, 2.24) is 0 Å². The molecule has 0 amide bonds. The molecule has 17 heavy (non-hydrogen) atoms. The van der Waals surface area contributed by atoms with Crippen LogP contribution in [-0.2, 0) is 4.74 Å². The van der Waals surface area contributed by atoms with Gasteiger partial charge in [0.25, 0.3) is 0 Å². The topological polar surface area (TPSA) is 21.3 Å². The minimum absolute atomic E-state index is 0.193. The molecule has 1 aliphatic rings. The Morgan fingerprint density at radius 1 is 1.41 bits per heavy atom. The highest BCUT2D eigenvalue weighted by Crippen LogP contribution is 2.25. The molecular weight excluding hydrogens is 237 g/mol. The van der Waals surface area contributed by atoms with Gasteiger partial charge < -0.3 is 10.1 Å². The zero-order chi connectivity index (χ0) is 12.1. The van der Waals surface area contributed by atoms with E-state index in [0.29, 0.717) is 11.4 Å². The summed E-state index contributed by atoms with van der Waals surface area (Å²) in [4.78, 5) is 0. The Morgan fingerprint density at radius 2 is 2.18 bits per heavy atom. The summed E-state index contributed by atoms with van der Waals surface area (Å²) < 4.78 is 18.2. The van der Waals surface area contributed by atoms with E-state index < -0.39 is 0 Å². The zero-order valence-corrected chi connectivity index (χ0v) is 10.8. The highest BCUT2D eigenvalue weighted by molar-refractivity contribution is 8.00. The first-order valence-corrected chi connectivity index (χ1v) is 7.03. The number of benzene rings is 1. The molecule has 0 aromatic heterocycles. The predicted molar refractivity (Wildman–Crippen MR) is 71.2 cm³/mol. The van der Waals surface area contributed by atoms with Crippen LogP contribution in [0.25, 0.3) is 0 Å². The molecule has 0 saturated carbocycles. The molecule has 1 fully saturated rings. The van der Waals surface area contributed by atoms with E-state index in [-0.39, 0.29) is 5.82 Å². The summed E-state index contributed by atoms with van der Waals surface area (Å²) >= 11 is 1.95. The van der Waals surface area contributed by atoms with E-state index >= 15 is 0 Å². The molecule has 1 aliphatic heterocycles. The Bertz CT molecular complexity index is 344. The van der Waals surface area contributed by atoms with Crippen LogP contribution in [-0.4, -0.2) is 30.3 Å². The van der Waals surface area contributed by atoms with E-state index in [2.05, 4.69) is 12.2 Å². The number of halogens is 1. The van der Waals surface area contributed by atoms with Crippen LogP contribution in [0.3, 0.4) is 0 Å². The van der Waals surface area contributed by atoms with Gasteiger partial charge in [-0.05, 0) is 37.6 Å². The molecule has 0 aliphatic carbocycles. The van der Waals surface area contributed by atoms with Crippen LogP contribution < -0.4 is 5.32 Å². The summed E-state index contributed by atoms with van der Waals surface area (Å²) in [5.41, 5.74) is 0.975. The Balaban J connectivity index is 1.64. The molecule has 0 radical (unpaired) electrons. The van der Waals surface area contributed by atoms with Gasteiger partial charge in [-0.2, -0.15) is 11.8 Å². The Kier molecular flexibility index (Phi) is 4.68. The lowest BCUT2D eigenvalue weighted by atomic mass is 10.3. The van der Waals surface area contributed by atoms with Gasteiger partial charge in [-0.25, -0.2) is 4.39 Å². The lowest BCUT2D eigenvalue weighted by molar-refractivity contribution is 0.127. The van der Waals surface area contributed by atoms with Crippen molar-refractivity contribution in [1.29, 1.82) is 0 Å². The van der Waals surface area contributed by atoms with Crippen LogP contribution in [0.1, 0.15) is 13.3 Å². The average Bonchev–Trinajstić information content (AvgIpc) is 2.73. The van der Waals surface area contributed by atoms with Crippen LogP contribution in [0.15, 0.2) is 24.3 Å². The van der Waals surface area contributed by atoms with Crippen LogP contribution in [0, 0.1) is 5.82 Å². The fourth-order valence-corrected chi connectivity index (χ4v) is 3.04. The van der Waals surface area contributed by atoms with Crippen molar-refractivity contribution in [3.63, 3.8) is 0 Å². The molecular formula is C13H18FNOS. The van der Waals surface area contributed by atoms with Crippen molar-refractivity contribution >= 4 is 17.4 Å². The first-order chi connectivity index (χ1) is 8.25. The minimum atomic E-state index is -0.193. The van der Waals surface area contributed by atoms with Crippen LogP contribution >= 0.6 is 11.8 Å². The standard InChI is InChI=1S/C13H18FNOS/c1-10-13(6-8-16-10)17-9-7-15-12-4-2-11(14)3-5-12/h2-5,10,13,15H,6-9H2,1H3. The smallest absolute Gasteiger partial charge is 0.123 e. The molecule has 1 aromatic carbocycles. The van der Waals surface area contributed by atoms with Gasteiger partial charge in [0.2, 0.25) is 0 Å². The summed E-state index contributed by atoms with van der Waals surface area (Å²) in [6.07, 6.45) is 1.54. The van der Waals surface area contributed by atoms with Gasteiger partial charge in [0.05, 0.1) is 6.10 Å². The summed E-state index contributed by atoms with van der Waals surface area (Å²) in [6.45, 7) is 3.93. The lowest BCUT2D eigenvalue weighted by Gasteiger charge is -2.13. The van der Waals surface area contributed by atoms with Gasteiger partial charge in [-0.1, -0.05) is 0 Å². The third-order valence-electron chi connectivity index (χ3n) is 2.91. The first kappa shape index (κ1) is 12.7. The van der Waals surface area contributed by atoms with Gasteiger partial charge in [-0.15, -0.1) is 0 Å². The summed E-state index contributed by atoms with van der Waals surface area (Å²) in [5, 5.41) is 3.91. The summed E-state index contributed by atoms with van der Waals surface area (Å²) in [7, 11) is 0. The molecule has 0 spiro atoms. The normalized spacial score (nSPS) is 23.9. The van der Waals surface area contributed by atoms with Gasteiger partial charge >= 0.3 is 0 Å². The van der Waals surface area contributed by atoms with Gasteiger partial charge in [-0.3, -0.25) is 0 Å². The highest BCUT2D eigenvalue weighted by Gasteiger charge is 2.23. The monoisotopic (exact) mass is 255 g/mol. The van der Waals surface area contributed by atoms with Crippen molar-refractivity contribution in [2.75, 3.05) is 24.2 Å². The van der Waals surface area contributed by atoms with Crippen LogP contribution in [0.5, 0.6) is 0 Å². The quantitative estimate of drug-likeness (QED) is 0.817. The number of hydrogen-bond acceptors (Lipinski definition) is 3. The molecule has 2 nitrogen and oxygen atoms in total. The maximum atomic E-state index is 12.7. The SMILES string of the molecule is CC1OCCC1SCCNc1ccc(F)cc1. The molecule has 0 bridgehead atoms. The minimum Gasteiger partial charge on any atom is -0.384 e. The van der Waals surface area contributed by atoms with E-state index in [0.717, 1.165) is 31.0 Å². The number of hydrogen-bond donors (Lipinski definition) is 1. The van der Waals surface area contributed by atoms with Crippen molar-refractivity contribution in [3.8, 4) is 0 Å². The molecule has 2 rings (SSSR count). The van der Waals surface area contributed by atoms with Crippen molar-refractivity contribution < 1.29 is 9.13 Å². The largest absolute Gasteiger partial charge is 0.384 e. The second-order valence-corrected chi connectivity index (χ2v) is 5.55. The van der Waals surface area contributed by atoms with E-state index in [1.54, 1.807) is 12.1 Å². The molecule has 2 unspecified atom stereocenters. The van der Waals surface area contributed by atoms with E-state index in [1.165, 1.54) is 12.1 Å². The van der Waals surface area contributed by atoms with Crippen molar-refractivity contribution in [2.45, 2.75) is 24.7 Å². The molecule has 94 valence electrons.